The first-order valence-corrected chi connectivity index (χ1v) is 5.29. The molecule has 1 aliphatic heterocycles. The molecule has 1 amide bonds. The van der Waals surface area contributed by atoms with Crippen LogP contribution in [0.15, 0.2) is 12.3 Å². The van der Waals surface area contributed by atoms with E-state index in [1.54, 1.807) is 21.8 Å². The lowest BCUT2D eigenvalue weighted by atomic mass is 10.3. The molecule has 1 unspecified atom stereocenters. The van der Waals surface area contributed by atoms with Crippen molar-refractivity contribution in [3.63, 3.8) is 0 Å². The quantitative estimate of drug-likeness (QED) is 0.748. The zero-order valence-electron chi connectivity index (χ0n) is 8.89. The summed E-state index contributed by atoms with van der Waals surface area (Å²) < 4.78 is 1.71. The highest BCUT2D eigenvalue weighted by Gasteiger charge is 2.26. The number of aromatic nitrogens is 2. The van der Waals surface area contributed by atoms with Crippen LogP contribution in [-0.2, 0) is 6.54 Å². The Bertz CT molecular complexity index is 360. The van der Waals surface area contributed by atoms with Crippen molar-refractivity contribution in [2.45, 2.75) is 25.9 Å². The molecule has 1 aromatic heterocycles. The molecule has 1 aromatic rings. The number of amides is 1. The second-order valence-corrected chi connectivity index (χ2v) is 3.83. The van der Waals surface area contributed by atoms with Gasteiger partial charge >= 0.3 is 0 Å². The van der Waals surface area contributed by atoms with E-state index in [1.165, 1.54) is 0 Å². The van der Waals surface area contributed by atoms with Crippen LogP contribution >= 0.6 is 0 Å². The predicted octanol–water partition coefficient (Wildman–Crippen LogP) is 0.0762. The minimum Gasteiger partial charge on any atom is -0.336 e. The first-order chi connectivity index (χ1) is 7.22. The Morgan fingerprint density at radius 2 is 2.53 bits per heavy atom. The minimum absolute atomic E-state index is 0.0438. The molecular weight excluding hydrogens is 192 g/mol. The molecule has 15 heavy (non-hydrogen) atoms. The summed E-state index contributed by atoms with van der Waals surface area (Å²) in [6.45, 7) is 4.11. The molecule has 1 aliphatic rings. The number of nitrogens with two attached hydrogens (primary N) is 1. The van der Waals surface area contributed by atoms with Gasteiger partial charge in [0.1, 0.15) is 5.69 Å². The summed E-state index contributed by atoms with van der Waals surface area (Å²) in [4.78, 5) is 13.8. The molecule has 2 N–H and O–H groups in total. The van der Waals surface area contributed by atoms with Crippen LogP contribution in [0.3, 0.4) is 0 Å². The number of hydrogen-bond donors (Lipinski definition) is 1. The molecule has 2 heterocycles. The molecule has 82 valence electrons. The van der Waals surface area contributed by atoms with Gasteiger partial charge in [0.05, 0.1) is 0 Å². The molecule has 2 rings (SSSR count). The van der Waals surface area contributed by atoms with Gasteiger partial charge in [0.2, 0.25) is 0 Å². The third kappa shape index (κ3) is 1.87. The van der Waals surface area contributed by atoms with Crippen LogP contribution in [0, 0.1) is 0 Å². The van der Waals surface area contributed by atoms with Crippen molar-refractivity contribution in [3.05, 3.63) is 18.0 Å². The van der Waals surface area contributed by atoms with Crippen molar-refractivity contribution in [2.24, 2.45) is 5.73 Å². The van der Waals surface area contributed by atoms with E-state index in [2.05, 4.69) is 5.10 Å². The number of hydrogen-bond acceptors (Lipinski definition) is 3. The second kappa shape index (κ2) is 4.02. The largest absolute Gasteiger partial charge is 0.336 e. The van der Waals surface area contributed by atoms with Gasteiger partial charge in [-0.05, 0) is 19.4 Å². The summed E-state index contributed by atoms with van der Waals surface area (Å²) in [5, 5.41) is 4.08. The van der Waals surface area contributed by atoms with E-state index in [9.17, 15) is 4.79 Å². The first kappa shape index (κ1) is 10.2. The molecule has 1 fully saturated rings. The van der Waals surface area contributed by atoms with Gasteiger partial charge in [-0.1, -0.05) is 0 Å². The summed E-state index contributed by atoms with van der Waals surface area (Å²) in [6, 6.07) is 1.89. The smallest absolute Gasteiger partial charge is 0.272 e. The van der Waals surface area contributed by atoms with Gasteiger partial charge in [-0.25, -0.2) is 0 Å². The van der Waals surface area contributed by atoms with Crippen LogP contribution in [0.1, 0.15) is 23.8 Å². The van der Waals surface area contributed by atoms with E-state index >= 15 is 0 Å². The highest BCUT2D eigenvalue weighted by Crippen LogP contribution is 2.12. The van der Waals surface area contributed by atoms with Crippen LogP contribution in [-0.4, -0.2) is 39.7 Å². The number of carbonyl (C=O) groups excluding carboxylic acids is 1. The number of aryl methyl sites for hydroxylation is 1. The topological polar surface area (TPSA) is 64.2 Å². The second-order valence-electron chi connectivity index (χ2n) is 3.83. The fraction of sp³-hybridized carbons (Fsp3) is 0.600. The van der Waals surface area contributed by atoms with Crippen molar-refractivity contribution in [3.8, 4) is 0 Å². The maximum atomic E-state index is 12.0. The maximum absolute atomic E-state index is 12.0. The van der Waals surface area contributed by atoms with Crippen molar-refractivity contribution in [2.75, 3.05) is 13.1 Å². The van der Waals surface area contributed by atoms with Crippen LogP contribution in [0.2, 0.25) is 0 Å². The van der Waals surface area contributed by atoms with E-state index in [1.807, 2.05) is 6.92 Å². The van der Waals surface area contributed by atoms with Crippen molar-refractivity contribution >= 4 is 5.91 Å². The van der Waals surface area contributed by atoms with Gasteiger partial charge in [-0.15, -0.1) is 0 Å². The summed E-state index contributed by atoms with van der Waals surface area (Å²) in [5.74, 6) is 0.0438. The van der Waals surface area contributed by atoms with E-state index in [0.717, 1.165) is 13.0 Å². The maximum Gasteiger partial charge on any atom is 0.272 e. The molecule has 0 spiro atoms. The van der Waals surface area contributed by atoms with E-state index in [0.29, 0.717) is 18.8 Å². The average Bonchev–Trinajstić information content (AvgIpc) is 2.84. The van der Waals surface area contributed by atoms with Crippen LogP contribution in [0.4, 0.5) is 0 Å². The number of carbonyl (C=O) groups is 1. The van der Waals surface area contributed by atoms with Crippen LogP contribution < -0.4 is 5.73 Å². The van der Waals surface area contributed by atoms with Crippen molar-refractivity contribution in [1.29, 1.82) is 0 Å². The molecule has 0 bridgehead atoms. The first-order valence-electron chi connectivity index (χ1n) is 5.29. The molecule has 5 nitrogen and oxygen atoms in total. The molecule has 1 atom stereocenters. The highest BCUT2D eigenvalue weighted by molar-refractivity contribution is 5.92. The Labute approximate surface area is 88.8 Å². The monoisotopic (exact) mass is 208 g/mol. The standard InChI is InChI=1S/C10H16N4O/c1-2-14-9(3-5-12-14)10(15)13-6-4-8(11)7-13/h3,5,8H,2,4,6-7,11H2,1H3. The van der Waals surface area contributed by atoms with Gasteiger partial charge in [-0.2, -0.15) is 5.10 Å². The van der Waals surface area contributed by atoms with Crippen LogP contribution in [0.5, 0.6) is 0 Å². The van der Waals surface area contributed by atoms with Crippen molar-refractivity contribution in [1.82, 2.24) is 14.7 Å². The lowest BCUT2D eigenvalue weighted by molar-refractivity contribution is 0.0778. The van der Waals surface area contributed by atoms with Crippen LogP contribution in [0.25, 0.3) is 0 Å². The molecule has 1 saturated heterocycles. The lowest BCUT2D eigenvalue weighted by Crippen LogP contribution is -2.33. The Hall–Kier alpha value is -1.36. The molecule has 0 saturated carbocycles. The Balaban J connectivity index is 2.14. The van der Waals surface area contributed by atoms with Crippen molar-refractivity contribution < 1.29 is 4.79 Å². The Morgan fingerprint density at radius 3 is 3.13 bits per heavy atom. The zero-order chi connectivity index (χ0) is 10.8. The van der Waals surface area contributed by atoms with E-state index in [-0.39, 0.29) is 11.9 Å². The molecule has 0 aromatic carbocycles. The van der Waals surface area contributed by atoms with E-state index in [4.69, 9.17) is 5.73 Å². The van der Waals surface area contributed by atoms with Gasteiger partial charge in [-0.3, -0.25) is 9.48 Å². The fourth-order valence-electron chi connectivity index (χ4n) is 1.90. The third-order valence-electron chi connectivity index (χ3n) is 2.75. The SMILES string of the molecule is CCn1nccc1C(=O)N1CCC(N)C1. The molecular formula is C10H16N4O. The normalized spacial score (nSPS) is 20.9. The summed E-state index contributed by atoms with van der Waals surface area (Å²) in [5.41, 5.74) is 6.43. The minimum atomic E-state index is 0.0438. The average molecular weight is 208 g/mol. The fourth-order valence-corrected chi connectivity index (χ4v) is 1.90. The van der Waals surface area contributed by atoms with Gasteiger partial charge in [0, 0.05) is 31.9 Å². The number of likely N-dealkylation sites (tertiary alicyclic amines) is 1. The number of nitrogens with zero attached hydrogens (tertiary/aromatic N) is 3. The molecule has 0 aliphatic carbocycles. The zero-order valence-corrected chi connectivity index (χ0v) is 8.89. The third-order valence-corrected chi connectivity index (χ3v) is 2.75. The Kier molecular flexibility index (Phi) is 2.73. The van der Waals surface area contributed by atoms with Gasteiger partial charge in [0.25, 0.3) is 5.91 Å². The Morgan fingerprint density at radius 1 is 1.73 bits per heavy atom. The predicted molar refractivity (Wildman–Crippen MR) is 56.4 cm³/mol. The summed E-state index contributed by atoms with van der Waals surface area (Å²) in [6.07, 6.45) is 2.55. The summed E-state index contributed by atoms with van der Waals surface area (Å²) in [7, 11) is 0. The molecule has 5 heteroatoms. The molecule has 0 radical (unpaired) electrons. The van der Waals surface area contributed by atoms with E-state index < -0.39 is 0 Å². The number of rotatable bonds is 2. The lowest BCUT2D eigenvalue weighted by Gasteiger charge is -2.15. The summed E-state index contributed by atoms with van der Waals surface area (Å²) >= 11 is 0. The van der Waals surface area contributed by atoms with Gasteiger partial charge in [0.15, 0.2) is 0 Å². The highest BCUT2D eigenvalue weighted by atomic mass is 16.2. The van der Waals surface area contributed by atoms with Gasteiger partial charge < -0.3 is 10.6 Å².